The Morgan fingerprint density at radius 2 is 2.05 bits per heavy atom. The van der Waals surface area contributed by atoms with Gasteiger partial charge in [0.1, 0.15) is 11.1 Å². The van der Waals surface area contributed by atoms with Crippen molar-refractivity contribution in [3.8, 4) is 5.88 Å². The molecule has 3 nitrogen and oxygen atoms in total. The van der Waals surface area contributed by atoms with E-state index in [4.69, 9.17) is 27.9 Å². The molecule has 1 fully saturated rings. The molecule has 1 aliphatic heterocycles. The molecule has 0 bridgehead atoms. The molecule has 2 aromatic rings. The highest BCUT2D eigenvalue weighted by atomic mass is 35.5. The van der Waals surface area contributed by atoms with Crippen molar-refractivity contribution in [2.24, 2.45) is 5.92 Å². The topological polar surface area (TPSA) is 34.1 Å². The van der Waals surface area contributed by atoms with Crippen LogP contribution in [0.1, 0.15) is 18.1 Å². The first-order chi connectivity index (χ1) is 10.2. The normalized spacial score (nSPS) is 19.4. The maximum atomic E-state index is 6.18. The zero-order valence-electron chi connectivity index (χ0n) is 11.4. The number of hydrogen-bond acceptors (Lipinski definition) is 3. The van der Waals surface area contributed by atoms with Crippen LogP contribution in [0.3, 0.4) is 0 Å². The average molecular weight is 323 g/mol. The predicted octanol–water partition coefficient (Wildman–Crippen LogP) is 4.12. The third-order valence-corrected chi connectivity index (χ3v) is 4.14. The van der Waals surface area contributed by atoms with Gasteiger partial charge in [-0.3, -0.25) is 0 Å². The molecule has 2 atom stereocenters. The summed E-state index contributed by atoms with van der Waals surface area (Å²) in [5, 5.41) is 4.32. The minimum Gasteiger partial charge on any atom is -0.468 e. The van der Waals surface area contributed by atoms with Gasteiger partial charge in [-0.15, -0.1) is 0 Å². The van der Waals surface area contributed by atoms with Gasteiger partial charge >= 0.3 is 0 Å². The minimum atomic E-state index is -0.0626. The van der Waals surface area contributed by atoms with Gasteiger partial charge in [0.15, 0.2) is 0 Å². The highest BCUT2D eigenvalue weighted by Crippen LogP contribution is 2.34. The van der Waals surface area contributed by atoms with Crippen LogP contribution >= 0.6 is 23.2 Å². The van der Waals surface area contributed by atoms with E-state index in [-0.39, 0.29) is 6.10 Å². The Morgan fingerprint density at radius 1 is 1.24 bits per heavy atom. The molecular formula is C16H16Cl2N2O. The van der Waals surface area contributed by atoms with E-state index in [2.05, 4.69) is 22.4 Å². The molecule has 0 aliphatic carbocycles. The second kappa shape index (κ2) is 6.65. The van der Waals surface area contributed by atoms with Crippen LogP contribution in [0.15, 0.2) is 42.6 Å². The Balaban J connectivity index is 1.88. The molecule has 1 N–H and O–H groups in total. The molecule has 0 saturated carbocycles. The monoisotopic (exact) mass is 322 g/mol. The summed E-state index contributed by atoms with van der Waals surface area (Å²) in [4.78, 5) is 4.21. The van der Waals surface area contributed by atoms with E-state index < -0.39 is 0 Å². The molecular weight excluding hydrogens is 307 g/mol. The van der Waals surface area contributed by atoms with Crippen LogP contribution in [0.4, 0.5) is 0 Å². The Hall–Kier alpha value is -1.29. The SMILES string of the molecule is Clc1cnc(O[C@@H](c2ccccc2)[C@H]2CCNC2)c(Cl)c1. The maximum absolute atomic E-state index is 6.18. The van der Waals surface area contributed by atoms with E-state index in [1.807, 2.05) is 18.2 Å². The molecule has 110 valence electrons. The first-order valence-electron chi connectivity index (χ1n) is 6.97. The zero-order chi connectivity index (χ0) is 14.7. The molecule has 1 aromatic carbocycles. The molecule has 1 saturated heterocycles. The van der Waals surface area contributed by atoms with Gasteiger partial charge in [-0.05, 0) is 24.6 Å². The van der Waals surface area contributed by atoms with Crippen LogP contribution in [-0.2, 0) is 0 Å². The molecule has 5 heteroatoms. The lowest BCUT2D eigenvalue weighted by Crippen LogP contribution is -2.21. The van der Waals surface area contributed by atoms with Gasteiger partial charge < -0.3 is 10.1 Å². The molecule has 3 rings (SSSR count). The van der Waals surface area contributed by atoms with Crippen molar-refractivity contribution in [3.05, 3.63) is 58.2 Å². The summed E-state index contributed by atoms with van der Waals surface area (Å²) in [6, 6.07) is 11.8. The van der Waals surface area contributed by atoms with E-state index in [9.17, 15) is 0 Å². The fraction of sp³-hybridized carbons (Fsp3) is 0.312. The number of rotatable bonds is 4. The summed E-state index contributed by atoms with van der Waals surface area (Å²) in [6.07, 6.45) is 2.56. The summed E-state index contributed by atoms with van der Waals surface area (Å²) in [6.45, 7) is 1.95. The first kappa shape index (κ1) is 14.6. The number of hydrogen-bond donors (Lipinski definition) is 1. The number of ether oxygens (including phenoxy) is 1. The number of halogens is 2. The molecule has 0 unspecified atom stereocenters. The second-order valence-corrected chi connectivity index (χ2v) is 5.99. The lowest BCUT2D eigenvalue weighted by Gasteiger charge is -2.24. The van der Waals surface area contributed by atoms with Crippen molar-refractivity contribution in [1.29, 1.82) is 0 Å². The van der Waals surface area contributed by atoms with E-state index in [1.165, 1.54) is 0 Å². The van der Waals surface area contributed by atoms with Gasteiger partial charge in [0.25, 0.3) is 0 Å². The van der Waals surface area contributed by atoms with Crippen LogP contribution in [-0.4, -0.2) is 18.1 Å². The van der Waals surface area contributed by atoms with Crippen molar-refractivity contribution in [1.82, 2.24) is 10.3 Å². The third-order valence-electron chi connectivity index (χ3n) is 3.67. The fourth-order valence-corrected chi connectivity index (χ4v) is 3.05. The summed E-state index contributed by atoms with van der Waals surface area (Å²) in [7, 11) is 0. The molecule has 21 heavy (non-hydrogen) atoms. The van der Waals surface area contributed by atoms with E-state index in [0.29, 0.717) is 21.8 Å². The maximum Gasteiger partial charge on any atom is 0.233 e. The Bertz CT molecular complexity index is 600. The van der Waals surface area contributed by atoms with Crippen LogP contribution in [0.2, 0.25) is 10.0 Å². The molecule has 1 aliphatic rings. The van der Waals surface area contributed by atoms with Crippen LogP contribution < -0.4 is 10.1 Å². The van der Waals surface area contributed by atoms with Crippen molar-refractivity contribution >= 4 is 23.2 Å². The van der Waals surface area contributed by atoms with Crippen molar-refractivity contribution in [2.75, 3.05) is 13.1 Å². The number of pyridine rings is 1. The number of aromatic nitrogens is 1. The van der Waals surface area contributed by atoms with Gasteiger partial charge in [-0.25, -0.2) is 4.98 Å². The van der Waals surface area contributed by atoms with Crippen molar-refractivity contribution < 1.29 is 4.74 Å². The Labute approximate surface area is 134 Å². The molecule has 0 spiro atoms. The Kier molecular flexibility index (Phi) is 4.63. The summed E-state index contributed by atoms with van der Waals surface area (Å²) >= 11 is 12.1. The summed E-state index contributed by atoms with van der Waals surface area (Å²) in [5.41, 5.74) is 1.14. The average Bonchev–Trinajstić information content (AvgIpc) is 3.01. The van der Waals surface area contributed by atoms with Gasteiger partial charge in [0.05, 0.1) is 5.02 Å². The van der Waals surface area contributed by atoms with Crippen LogP contribution in [0, 0.1) is 5.92 Å². The zero-order valence-corrected chi connectivity index (χ0v) is 12.9. The molecule has 0 radical (unpaired) electrons. The van der Waals surface area contributed by atoms with Gasteiger partial charge in [0, 0.05) is 18.7 Å². The van der Waals surface area contributed by atoms with Gasteiger partial charge in [-0.1, -0.05) is 53.5 Å². The number of benzene rings is 1. The lowest BCUT2D eigenvalue weighted by atomic mass is 9.95. The third kappa shape index (κ3) is 3.49. The van der Waals surface area contributed by atoms with Gasteiger partial charge in [0.2, 0.25) is 5.88 Å². The van der Waals surface area contributed by atoms with Gasteiger partial charge in [-0.2, -0.15) is 0 Å². The standard InChI is InChI=1S/C16H16Cl2N2O/c17-13-8-14(18)16(20-10-13)21-15(12-6-7-19-9-12)11-4-2-1-3-5-11/h1-5,8,10,12,15,19H,6-7,9H2/t12-,15-/m0/s1. The van der Waals surface area contributed by atoms with E-state index in [1.54, 1.807) is 12.3 Å². The predicted molar refractivity (Wildman–Crippen MR) is 85.0 cm³/mol. The second-order valence-electron chi connectivity index (χ2n) is 5.14. The highest BCUT2D eigenvalue weighted by molar-refractivity contribution is 6.35. The lowest BCUT2D eigenvalue weighted by molar-refractivity contribution is 0.138. The smallest absolute Gasteiger partial charge is 0.233 e. The number of nitrogens with zero attached hydrogens (tertiary/aromatic N) is 1. The highest BCUT2D eigenvalue weighted by Gasteiger charge is 2.28. The molecule has 1 aromatic heterocycles. The molecule has 0 amide bonds. The largest absolute Gasteiger partial charge is 0.468 e. The van der Waals surface area contributed by atoms with E-state index in [0.717, 1.165) is 25.1 Å². The number of nitrogens with one attached hydrogen (secondary N) is 1. The summed E-state index contributed by atoms with van der Waals surface area (Å²) in [5.74, 6) is 0.836. The minimum absolute atomic E-state index is 0.0626. The molecule has 2 heterocycles. The summed E-state index contributed by atoms with van der Waals surface area (Å²) < 4.78 is 6.13. The quantitative estimate of drug-likeness (QED) is 0.919. The Morgan fingerprint density at radius 3 is 2.71 bits per heavy atom. The van der Waals surface area contributed by atoms with Crippen molar-refractivity contribution in [3.63, 3.8) is 0 Å². The van der Waals surface area contributed by atoms with Crippen molar-refractivity contribution in [2.45, 2.75) is 12.5 Å². The fourth-order valence-electron chi connectivity index (χ4n) is 2.62. The van der Waals surface area contributed by atoms with Crippen LogP contribution in [0.25, 0.3) is 0 Å². The van der Waals surface area contributed by atoms with Crippen LogP contribution in [0.5, 0.6) is 5.88 Å². The van der Waals surface area contributed by atoms with E-state index >= 15 is 0 Å². The first-order valence-corrected chi connectivity index (χ1v) is 7.73.